The van der Waals surface area contributed by atoms with E-state index in [-0.39, 0.29) is 5.91 Å². The molecule has 0 bridgehead atoms. The second kappa shape index (κ2) is 9.50. The van der Waals surface area contributed by atoms with E-state index in [4.69, 9.17) is 4.98 Å². The Kier molecular flexibility index (Phi) is 6.41. The normalized spacial score (nSPS) is 16.5. The number of carbonyl (C=O) groups is 1. The molecule has 1 fully saturated rings. The Bertz CT molecular complexity index is 1290. The second-order valence-corrected chi connectivity index (χ2v) is 10.4. The van der Waals surface area contributed by atoms with Crippen molar-refractivity contribution < 1.29 is 4.79 Å². The van der Waals surface area contributed by atoms with Crippen molar-refractivity contribution in [3.63, 3.8) is 0 Å². The maximum Gasteiger partial charge on any atom is 0.272 e. The van der Waals surface area contributed by atoms with Gasteiger partial charge in [-0.05, 0) is 63.9 Å². The van der Waals surface area contributed by atoms with E-state index in [1.54, 1.807) is 0 Å². The Hall–Kier alpha value is -3.12. The molecule has 35 heavy (non-hydrogen) atoms. The van der Waals surface area contributed by atoms with Crippen molar-refractivity contribution in [3.05, 3.63) is 70.1 Å². The van der Waals surface area contributed by atoms with E-state index >= 15 is 0 Å². The summed E-state index contributed by atoms with van der Waals surface area (Å²) in [5, 5.41) is 1.14. The number of pyridine rings is 1. The van der Waals surface area contributed by atoms with Crippen LogP contribution in [-0.4, -0.2) is 65.0 Å². The number of fused-ring (bicyclic) bond motifs is 2. The van der Waals surface area contributed by atoms with E-state index in [1.165, 1.54) is 28.0 Å². The van der Waals surface area contributed by atoms with Gasteiger partial charge in [-0.1, -0.05) is 35.9 Å². The smallest absolute Gasteiger partial charge is 0.272 e. The molecule has 1 saturated heterocycles. The number of hydrogen-bond acceptors (Lipinski definition) is 4. The van der Waals surface area contributed by atoms with Crippen LogP contribution in [0.5, 0.6) is 0 Å². The molecule has 2 aliphatic rings. The highest BCUT2D eigenvalue weighted by Crippen LogP contribution is 2.35. The van der Waals surface area contributed by atoms with Crippen LogP contribution in [0.25, 0.3) is 10.9 Å². The summed E-state index contributed by atoms with van der Waals surface area (Å²) in [7, 11) is 2.11. The van der Waals surface area contributed by atoms with Crippen LogP contribution < -0.4 is 4.90 Å². The summed E-state index contributed by atoms with van der Waals surface area (Å²) >= 11 is 0. The number of hydrogen-bond donors (Lipinski definition) is 0. The number of rotatable bonds is 4. The van der Waals surface area contributed by atoms with Gasteiger partial charge in [-0.15, -0.1) is 0 Å². The number of nitrogens with zero attached hydrogens (tertiary/aromatic N) is 5. The summed E-state index contributed by atoms with van der Waals surface area (Å²) in [6, 6.07) is 10.7. The average molecular weight is 472 g/mol. The van der Waals surface area contributed by atoms with Gasteiger partial charge in [0.05, 0.1) is 5.52 Å². The van der Waals surface area contributed by atoms with E-state index in [0.29, 0.717) is 5.69 Å². The van der Waals surface area contributed by atoms with Gasteiger partial charge in [0.15, 0.2) is 5.82 Å². The Morgan fingerprint density at radius 3 is 2.46 bits per heavy atom. The van der Waals surface area contributed by atoms with Crippen LogP contribution >= 0.6 is 0 Å². The van der Waals surface area contributed by atoms with Gasteiger partial charge in [0.2, 0.25) is 0 Å². The predicted octanol–water partition coefficient (Wildman–Crippen LogP) is 4.57. The minimum Gasteiger partial charge on any atom is -0.350 e. The summed E-state index contributed by atoms with van der Waals surface area (Å²) in [4.78, 5) is 25.3. The van der Waals surface area contributed by atoms with Crippen LogP contribution in [0.4, 0.5) is 5.82 Å². The van der Waals surface area contributed by atoms with Crippen molar-refractivity contribution in [3.8, 4) is 0 Å². The lowest BCUT2D eigenvalue weighted by Gasteiger charge is -2.33. The summed E-state index contributed by atoms with van der Waals surface area (Å²) < 4.78 is 2.38. The minimum atomic E-state index is 0.0489. The van der Waals surface area contributed by atoms with E-state index in [2.05, 4.69) is 79.5 Å². The van der Waals surface area contributed by atoms with Crippen molar-refractivity contribution in [2.45, 2.75) is 47.2 Å². The highest BCUT2D eigenvalue weighted by molar-refractivity contribution is 6.01. The number of piperazine rings is 1. The topological polar surface area (TPSA) is 44.6 Å². The van der Waals surface area contributed by atoms with Crippen LogP contribution in [0.1, 0.15) is 46.7 Å². The fraction of sp³-hybridized carbons (Fsp3) is 0.448. The van der Waals surface area contributed by atoms with Crippen molar-refractivity contribution >= 4 is 22.6 Å². The highest BCUT2D eigenvalue weighted by atomic mass is 16.2. The molecule has 0 spiro atoms. The highest BCUT2D eigenvalue weighted by Gasteiger charge is 2.27. The summed E-state index contributed by atoms with van der Waals surface area (Å²) in [5.74, 6) is 0.987. The molecule has 1 aromatic carbocycles. The Morgan fingerprint density at radius 2 is 1.74 bits per heavy atom. The molecule has 184 valence electrons. The molecule has 6 heteroatoms. The van der Waals surface area contributed by atoms with Gasteiger partial charge in [0, 0.05) is 56.9 Å². The number of benzene rings is 1. The zero-order valence-corrected chi connectivity index (χ0v) is 21.8. The Labute approximate surface area is 208 Å². The molecule has 0 radical (unpaired) electrons. The number of amides is 1. The van der Waals surface area contributed by atoms with E-state index in [0.717, 1.165) is 69.0 Å². The van der Waals surface area contributed by atoms with Gasteiger partial charge in [0.25, 0.3) is 5.91 Å². The SMILES string of the molecule is CC(C)=CCn1c(C)c(C)c2cc(C(=O)N3CCN(C)CC3)nc(N3CCc4ccccc4C3)c21. The molecular formula is C29H37N5O. The zero-order chi connectivity index (χ0) is 24.7. The molecule has 2 aromatic heterocycles. The van der Waals surface area contributed by atoms with E-state index < -0.39 is 0 Å². The van der Waals surface area contributed by atoms with Crippen LogP contribution in [0.3, 0.4) is 0 Å². The first-order chi connectivity index (χ1) is 16.8. The fourth-order valence-corrected chi connectivity index (χ4v) is 5.32. The lowest BCUT2D eigenvalue weighted by atomic mass is 10.00. The van der Waals surface area contributed by atoms with Crippen LogP contribution in [0.2, 0.25) is 0 Å². The maximum atomic E-state index is 13.6. The second-order valence-electron chi connectivity index (χ2n) is 10.4. The molecule has 2 aliphatic heterocycles. The first kappa shape index (κ1) is 23.6. The molecule has 0 saturated carbocycles. The van der Waals surface area contributed by atoms with Crippen molar-refractivity contribution in [1.29, 1.82) is 0 Å². The molecule has 5 rings (SSSR count). The molecule has 0 N–H and O–H groups in total. The van der Waals surface area contributed by atoms with Gasteiger partial charge in [-0.2, -0.15) is 0 Å². The number of aromatic nitrogens is 2. The molecule has 0 unspecified atom stereocenters. The van der Waals surface area contributed by atoms with E-state index in [1.807, 2.05) is 11.0 Å². The van der Waals surface area contributed by atoms with Gasteiger partial charge < -0.3 is 19.3 Å². The number of aryl methyl sites for hydroxylation is 1. The molecule has 1 amide bonds. The van der Waals surface area contributed by atoms with Crippen LogP contribution in [0.15, 0.2) is 42.0 Å². The zero-order valence-electron chi connectivity index (χ0n) is 21.8. The molecular weight excluding hydrogens is 434 g/mol. The molecule has 0 atom stereocenters. The largest absolute Gasteiger partial charge is 0.350 e. The summed E-state index contributed by atoms with van der Waals surface area (Å²) in [6.07, 6.45) is 3.26. The Morgan fingerprint density at radius 1 is 1.03 bits per heavy atom. The van der Waals surface area contributed by atoms with Gasteiger partial charge in [0.1, 0.15) is 5.69 Å². The minimum absolute atomic E-state index is 0.0489. The molecule has 6 nitrogen and oxygen atoms in total. The van der Waals surface area contributed by atoms with Gasteiger partial charge in [-0.25, -0.2) is 4.98 Å². The van der Waals surface area contributed by atoms with Crippen molar-refractivity contribution in [2.24, 2.45) is 0 Å². The monoisotopic (exact) mass is 471 g/mol. The van der Waals surface area contributed by atoms with Crippen LogP contribution in [-0.2, 0) is 19.5 Å². The van der Waals surface area contributed by atoms with Crippen molar-refractivity contribution in [1.82, 2.24) is 19.4 Å². The lowest BCUT2D eigenvalue weighted by Crippen LogP contribution is -2.47. The maximum absolute atomic E-state index is 13.6. The van der Waals surface area contributed by atoms with E-state index in [9.17, 15) is 4.79 Å². The number of anilines is 1. The Balaban J connectivity index is 1.64. The average Bonchev–Trinajstić information content (AvgIpc) is 3.11. The first-order valence-electron chi connectivity index (χ1n) is 12.8. The lowest BCUT2D eigenvalue weighted by molar-refractivity contribution is 0.0658. The van der Waals surface area contributed by atoms with Crippen molar-refractivity contribution in [2.75, 3.05) is 44.7 Å². The fourth-order valence-electron chi connectivity index (χ4n) is 5.32. The number of allylic oxidation sites excluding steroid dienone is 2. The predicted molar refractivity (Wildman–Crippen MR) is 143 cm³/mol. The number of carbonyl (C=O) groups excluding carboxylic acids is 1. The van der Waals surface area contributed by atoms with Gasteiger partial charge >= 0.3 is 0 Å². The number of likely N-dealkylation sites (N-methyl/N-ethyl adjacent to an activating group) is 1. The molecule has 4 heterocycles. The summed E-state index contributed by atoms with van der Waals surface area (Å²) in [6.45, 7) is 14.5. The third-order valence-corrected chi connectivity index (χ3v) is 7.72. The molecule has 3 aromatic rings. The standard InChI is InChI=1S/C29H37N5O/c1-20(2)10-13-34-22(4)21(3)25-18-26(29(35)32-16-14-31(5)15-17-32)30-28(27(25)34)33-12-11-23-8-6-7-9-24(23)19-33/h6-10,18H,11-17,19H2,1-5H3. The third-order valence-electron chi connectivity index (χ3n) is 7.72. The molecule has 0 aliphatic carbocycles. The van der Waals surface area contributed by atoms with Gasteiger partial charge in [-0.3, -0.25) is 4.79 Å². The first-order valence-corrected chi connectivity index (χ1v) is 12.8. The quantitative estimate of drug-likeness (QED) is 0.523. The summed E-state index contributed by atoms with van der Waals surface area (Å²) in [5.41, 5.74) is 8.24. The third kappa shape index (κ3) is 4.47. The van der Waals surface area contributed by atoms with Crippen LogP contribution in [0, 0.1) is 13.8 Å².